The summed E-state index contributed by atoms with van der Waals surface area (Å²) in [6.45, 7) is 4.00. The number of carbonyl (C=O) groups excluding carboxylic acids is 2. The Morgan fingerprint density at radius 2 is 1.62 bits per heavy atom. The summed E-state index contributed by atoms with van der Waals surface area (Å²) < 4.78 is 5.40. The molecule has 4 heteroatoms. The second-order valence-electron chi connectivity index (χ2n) is 8.99. The SMILES string of the molecule is Cc1ccc(COC(=O)[C@H](C)NC(=O)C23CC4CC(CC(C4)C2)C3)cc1. The van der Waals surface area contributed by atoms with Crippen LogP contribution in [0.3, 0.4) is 0 Å². The minimum Gasteiger partial charge on any atom is -0.459 e. The second-order valence-corrected chi connectivity index (χ2v) is 8.99. The van der Waals surface area contributed by atoms with Gasteiger partial charge in [0, 0.05) is 5.41 Å². The molecule has 4 bridgehead atoms. The van der Waals surface area contributed by atoms with Crippen molar-refractivity contribution in [2.45, 2.75) is 65.0 Å². The minimum absolute atomic E-state index is 0.0800. The van der Waals surface area contributed by atoms with Crippen molar-refractivity contribution in [2.75, 3.05) is 0 Å². The van der Waals surface area contributed by atoms with Crippen LogP contribution in [-0.2, 0) is 20.9 Å². The molecule has 0 radical (unpaired) electrons. The lowest BCUT2D eigenvalue weighted by molar-refractivity contribution is -0.154. The molecule has 1 aromatic rings. The molecule has 1 atom stereocenters. The Bertz CT molecular complexity index is 659. The van der Waals surface area contributed by atoms with Crippen molar-refractivity contribution in [3.63, 3.8) is 0 Å². The molecule has 0 aliphatic heterocycles. The number of hydrogen-bond donors (Lipinski definition) is 1. The lowest BCUT2D eigenvalue weighted by Gasteiger charge is -2.55. The summed E-state index contributed by atoms with van der Waals surface area (Å²) in [5.41, 5.74) is 1.92. The van der Waals surface area contributed by atoms with Gasteiger partial charge in [-0.25, -0.2) is 4.79 Å². The quantitative estimate of drug-likeness (QED) is 0.818. The fourth-order valence-electron chi connectivity index (χ4n) is 5.76. The standard InChI is InChI=1S/C22H29NO3/c1-14-3-5-16(6-4-14)13-26-20(24)15(2)23-21(25)22-10-17-7-18(11-22)9-19(8-17)12-22/h3-6,15,17-19H,7-13H2,1-2H3,(H,23,25)/t15-,17?,18?,19?,22?/m0/s1. The van der Waals surface area contributed by atoms with E-state index in [1.54, 1.807) is 6.92 Å². The van der Waals surface area contributed by atoms with Gasteiger partial charge in [-0.2, -0.15) is 0 Å². The fourth-order valence-corrected chi connectivity index (χ4v) is 5.76. The first-order valence-corrected chi connectivity index (χ1v) is 9.97. The minimum atomic E-state index is -0.596. The third-order valence-electron chi connectivity index (χ3n) is 6.72. The number of nitrogens with one attached hydrogen (secondary N) is 1. The summed E-state index contributed by atoms with van der Waals surface area (Å²) in [4.78, 5) is 25.3. The molecule has 0 unspecified atom stereocenters. The number of amides is 1. The Labute approximate surface area is 155 Å². The Morgan fingerprint density at radius 3 is 2.15 bits per heavy atom. The van der Waals surface area contributed by atoms with Crippen LogP contribution in [0.2, 0.25) is 0 Å². The summed E-state index contributed by atoms with van der Waals surface area (Å²) in [5, 5.41) is 2.97. The van der Waals surface area contributed by atoms with Gasteiger partial charge in [-0.15, -0.1) is 0 Å². The van der Waals surface area contributed by atoms with Crippen molar-refractivity contribution < 1.29 is 14.3 Å². The third kappa shape index (κ3) is 3.38. The molecule has 4 aliphatic carbocycles. The van der Waals surface area contributed by atoms with Gasteiger partial charge in [0.1, 0.15) is 12.6 Å². The molecule has 0 spiro atoms. The number of hydrogen-bond acceptors (Lipinski definition) is 3. The fraction of sp³-hybridized carbons (Fsp3) is 0.636. The smallest absolute Gasteiger partial charge is 0.328 e. The van der Waals surface area contributed by atoms with E-state index in [1.807, 2.05) is 31.2 Å². The molecule has 26 heavy (non-hydrogen) atoms. The maximum atomic E-state index is 13.0. The highest BCUT2D eigenvalue weighted by atomic mass is 16.5. The topological polar surface area (TPSA) is 55.4 Å². The van der Waals surface area contributed by atoms with Crippen LogP contribution in [-0.4, -0.2) is 17.9 Å². The van der Waals surface area contributed by atoms with E-state index in [2.05, 4.69) is 5.32 Å². The van der Waals surface area contributed by atoms with Gasteiger partial charge in [0.2, 0.25) is 5.91 Å². The Morgan fingerprint density at radius 1 is 1.08 bits per heavy atom. The molecule has 5 rings (SSSR count). The number of aryl methyl sites for hydroxylation is 1. The Balaban J connectivity index is 1.32. The molecule has 0 saturated heterocycles. The van der Waals surface area contributed by atoms with Crippen LogP contribution in [0.1, 0.15) is 56.6 Å². The van der Waals surface area contributed by atoms with Gasteiger partial charge >= 0.3 is 5.97 Å². The molecule has 140 valence electrons. The van der Waals surface area contributed by atoms with E-state index >= 15 is 0 Å². The zero-order valence-electron chi connectivity index (χ0n) is 15.8. The number of carbonyl (C=O) groups is 2. The number of benzene rings is 1. The molecule has 1 N–H and O–H groups in total. The van der Waals surface area contributed by atoms with Gasteiger partial charge in [0.05, 0.1) is 0 Å². The molecule has 4 nitrogen and oxygen atoms in total. The van der Waals surface area contributed by atoms with Crippen molar-refractivity contribution in [1.29, 1.82) is 0 Å². The molecular weight excluding hydrogens is 326 g/mol. The molecule has 1 amide bonds. The Kier molecular flexibility index (Phi) is 4.54. The maximum absolute atomic E-state index is 13.0. The molecule has 4 aliphatic rings. The van der Waals surface area contributed by atoms with E-state index in [4.69, 9.17) is 4.74 Å². The molecule has 0 heterocycles. The molecule has 0 aromatic heterocycles. The van der Waals surface area contributed by atoms with Crippen molar-refractivity contribution in [2.24, 2.45) is 23.2 Å². The summed E-state index contributed by atoms with van der Waals surface area (Å²) >= 11 is 0. The molecule has 4 saturated carbocycles. The normalized spacial score (nSPS) is 32.9. The largest absolute Gasteiger partial charge is 0.459 e. The van der Waals surface area contributed by atoms with Crippen LogP contribution in [0.5, 0.6) is 0 Å². The van der Waals surface area contributed by atoms with E-state index in [-0.39, 0.29) is 23.9 Å². The van der Waals surface area contributed by atoms with E-state index in [9.17, 15) is 9.59 Å². The van der Waals surface area contributed by atoms with Crippen LogP contribution in [0, 0.1) is 30.1 Å². The molecule has 4 fully saturated rings. The summed E-state index contributed by atoms with van der Waals surface area (Å²) in [6, 6.07) is 7.33. The highest BCUT2D eigenvalue weighted by Gasteiger charge is 2.54. The van der Waals surface area contributed by atoms with Crippen molar-refractivity contribution in [1.82, 2.24) is 5.32 Å². The first-order valence-electron chi connectivity index (χ1n) is 9.97. The van der Waals surface area contributed by atoms with Crippen molar-refractivity contribution in [3.8, 4) is 0 Å². The van der Waals surface area contributed by atoms with Crippen LogP contribution in [0.4, 0.5) is 0 Å². The van der Waals surface area contributed by atoms with Crippen molar-refractivity contribution >= 4 is 11.9 Å². The average molecular weight is 355 g/mol. The number of rotatable bonds is 5. The van der Waals surface area contributed by atoms with E-state index in [0.29, 0.717) is 0 Å². The average Bonchev–Trinajstić information content (AvgIpc) is 2.59. The first kappa shape index (κ1) is 17.6. The zero-order valence-corrected chi connectivity index (χ0v) is 15.8. The summed E-state index contributed by atoms with van der Waals surface area (Å²) in [6.07, 6.45) is 6.95. The lowest BCUT2D eigenvalue weighted by atomic mass is 9.49. The summed E-state index contributed by atoms with van der Waals surface area (Å²) in [5.74, 6) is 1.88. The van der Waals surface area contributed by atoms with Crippen LogP contribution in [0.15, 0.2) is 24.3 Å². The van der Waals surface area contributed by atoms with Gasteiger partial charge in [-0.1, -0.05) is 29.8 Å². The molecular formula is C22H29NO3. The van der Waals surface area contributed by atoms with Crippen molar-refractivity contribution in [3.05, 3.63) is 35.4 Å². The first-order chi connectivity index (χ1) is 12.4. The molecule has 1 aromatic carbocycles. The lowest BCUT2D eigenvalue weighted by Crippen LogP contribution is -2.55. The Hall–Kier alpha value is -1.84. The van der Waals surface area contributed by atoms with Gasteiger partial charge in [0.15, 0.2) is 0 Å². The highest BCUT2D eigenvalue weighted by Crippen LogP contribution is 2.60. The van der Waals surface area contributed by atoms with Crippen LogP contribution >= 0.6 is 0 Å². The van der Waals surface area contributed by atoms with Gasteiger partial charge in [0.25, 0.3) is 0 Å². The predicted octanol–water partition coefficient (Wildman–Crippen LogP) is 3.76. The van der Waals surface area contributed by atoms with Crippen LogP contribution in [0.25, 0.3) is 0 Å². The highest BCUT2D eigenvalue weighted by molar-refractivity contribution is 5.88. The zero-order chi connectivity index (χ0) is 18.3. The van der Waals surface area contributed by atoms with Crippen LogP contribution < -0.4 is 5.32 Å². The third-order valence-corrected chi connectivity index (χ3v) is 6.72. The van der Waals surface area contributed by atoms with Gasteiger partial charge < -0.3 is 10.1 Å². The number of ether oxygens (including phenoxy) is 1. The predicted molar refractivity (Wildman–Crippen MR) is 99.2 cm³/mol. The van der Waals surface area contributed by atoms with Gasteiger partial charge in [-0.05, 0) is 75.7 Å². The number of esters is 1. The monoisotopic (exact) mass is 355 g/mol. The van der Waals surface area contributed by atoms with E-state index in [0.717, 1.165) is 42.6 Å². The summed E-state index contributed by atoms with van der Waals surface area (Å²) in [7, 11) is 0. The van der Waals surface area contributed by atoms with E-state index in [1.165, 1.54) is 24.8 Å². The van der Waals surface area contributed by atoms with Gasteiger partial charge in [-0.3, -0.25) is 4.79 Å². The maximum Gasteiger partial charge on any atom is 0.328 e. The second kappa shape index (κ2) is 6.71. The van der Waals surface area contributed by atoms with E-state index < -0.39 is 6.04 Å².